The van der Waals surface area contributed by atoms with Crippen molar-refractivity contribution in [3.05, 3.63) is 137 Å². The highest BCUT2D eigenvalue weighted by molar-refractivity contribution is 9.11. The van der Waals surface area contributed by atoms with E-state index in [0.717, 1.165) is 20.8 Å². The molecule has 2 heterocycles. The Hall–Kier alpha value is -5.07. The summed E-state index contributed by atoms with van der Waals surface area (Å²) in [6.45, 7) is 1.97. The Morgan fingerprint density at radius 3 is 1.16 bits per heavy atom. The predicted molar refractivity (Wildman–Crippen MR) is 251 cm³/mol. The fourth-order valence-corrected chi connectivity index (χ4v) is 8.10. The molecule has 366 valence electrons. The molecular formula is C47H42Br4O18. The molecule has 0 aliphatic carbocycles. The number of ether oxygens (including phenoxy) is 11. The molecule has 2 saturated heterocycles. The maximum absolute atomic E-state index is 14.3. The molecule has 0 amide bonds. The zero-order valence-electron chi connectivity index (χ0n) is 36.8. The highest BCUT2D eigenvalue weighted by atomic mass is 79.9. The van der Waals surface area contributed by atoms with Crippen LogP contribution in [0.5, 0.6) is 0 Å². The SMILES string of the molecule is CO[C@H]1O[C@H](COC(C)=O)[C@@H](O[C@@H]2O[C@H](COC(=O)c3ccc(Br)cc3)[C@@H](OC(=O)c3ccc(Br)cc3)[C@H](OC(=O)c3ccc(Br)cc3)[C@H]2OC(=O)c2ccc(Br)cc2)[C@H](OC(C)=O)[C@H]1OC(C)=O. The first-order chi connectivity index (χ1) is 32.9. The van der Waals surface area contributed by atoms with E-state index in [0.29, 0.717) is 17.9 Å². The smallest absolute Gasteiger partial charge is 0.338 e. The van der Waals surface area contributed by atoms with Crippen molar-refractivity contribution in [2.45, 2.75) is 82.2 Å². The van der Waals surface area contributed by atoms with Crippen molar-refractivity contribution >= 4 is 106 Å². The Balaban J connectivity index is 1.53. The molecule has 10 atom stereocenters. The summed E-state index contributed by atoms with van der Waals surface area (Å²) in [6.07, 6.45) is -16.9. The van der Waals surface area contributed by atoms with Crippen LogP contribution in [-0.2, 0) is 66.5 Å². The fraction of sp³-hybridized carbons (Fsp3) is 0.340. The van der Waals surface area contributed by atoms with Crippen molar-refractivity contribution in [1.29, 1.82) is 0 Å². The molecule has 0 saturated carbocycles. The number of rotatable bonds is 16. The summed E-state index contributed by atoms with van der Waals surface area (Å²) < 4.78 is 68.2. The van der Waals surface area contributed by atoms with E-state index < -0.39 is 116 Å². The number of hydrogen-bond donors (Lipinski definition) is 0. The molecule has 0 spiro atoms. The average molecular weight is 1210 g/mol. The van der Waals surface area contributed by atoms with Gasteiger partial charge in [0.15, 0.2) is 43.1 Å². The van der Waals surface area contributed by atoms with E-state index >= 15 is 0 Å². The molecule has 18 nitrogen and oxygen atoms in total. The molecule has 69 heavy (non-hydrogen) atoms. The largest absolute Gasteiger partial charge is 0.463 e. The number of esters is 7. The van der Waals surface area contributed by atoms with Gasteiger partial charge in [-0.2, -0.15) is 0 Å². The van der Waals surface area contributed by atoms with Crippen molar-refractivity contribution in [1.82, 2.24) is 0 Å². The Kier molecular flexibility index (Phi) is 19.0. The number of carbonyl (C=O) groups excluding carboxylic acids is 7. The van der Waals surface area contributed by atoms with E-state index in [1.54, 1.807) is 48.5 Å². The lowest BCUT2D eigenvalue weighted by atomic mass is 9.95. The van der Waals surface area contributed by atoms with Gasteiger partial charge in [-0.15, -0.1) is 0 Å². The third-order valence-electron chi connectivity index (χ3n) is 10.2. The van der Waals surface area contributed by atoms with Crippen molar-refractivity contribution in [3.63, 3.8) is 0 Å². The number of carbonyl (C=O) groups is 7. The fourth-order valence-electron chi connectivity index (χ4n) is 7.05. The minimum Gasteiger partial charge on any atom is -0.463 e. The van der Waals surface area contributed by atoms with E-state index in [-0.39, 0.29) is 22.3 Å². The molecule has 0 unspecified atom stereocenters. The van der Waals surface area contributed by atoms with Gasteiger partial charge in [-0.25, -0.2) is 19.2 Å². The lowest BCUT2D eigenvalue weighted by Crippen LogP contribution is -2.67. The minimum absolute atomic E-state index is 0.00299. The lowest BCUT2D eigenvalue weighted by Gasteiger charge is -2.48. The Morgan fingerprint density at radius 1 is 0.406 bits per heavy atom. The Morgan fingerprint density at radius 2 is 0.739 bits per heavy atom. The number of benzene rings is 4. The van der Waals surface area contributed by atoms with Gasteiger partial charge in [0.2, 0.25) is 0 Å². The quantitative estimate of drug-likeness (QED) is 0.0784. The molecule has 22 heteroatoms. The lowest BCUT2D eigenvalue weighted by molar-refractivity contribution is -0.356. The van der Waals surface area contributed by atoms with Gasteiger partial charge in [0.25, 0.3) is 0 Å². The second-order valence-electron chi connectivity index (χ2n) is 15.1. The Labute approximate surface area is 428 Å². The normalized spacial score (nSPS) is 24.2. The maximum atomic E-state index is 14.3. The van der Waals surface area contributed by atoms with Crippen LogP contribution in [0, 0.1) is 0 Å². The van der Waals surface area contributed by atoms with Crippen LogP contribution in [-0.4, -0.2) is 124 Å². The molecule has 6 rings (SSSR count). The third kappa shape index (κ3) is 14.5. The molecular weight excluding hydrogens is 1170 g/mol. The first-order valence-electron chi connectivity index (χ1n) is 20.7. The topological polar surface area (TPSA) is 221 Å². The van der Waals surface area contributed by atoms with Gasteiger partial charge in [-0.05, 0) is 97.1 Å². The van der Waals surface area contributed by atoms with Gasteiger partial charge in [-0.3, -0.25) is 14.4 Å². The van der Waals surface area contributed by atoms with Crippen molar-refractivity contribution in [3.8, 4) is 0 Å². The molecule has 0 radical (unpaired) electrons. The minimum atomic E-state index is -1.98. The van der Waals surface area contributed by atoms with Crippen LogP contribution < -0.4 is 0 Å². The number of hydrogen-bond acceptors (Lipinski definition) is 18. The van der Waals surface area contributed by atoms with Crippen LogP contribution in [0.3, 0.4) is 0 Å². The maximum Gasteiger partial charge on any atom is 0.338 e. The van der Waals surface area contributed by atoms with Crippen molar-refractivity contribution < 1.29 is 85.7 Å². The van der Waals surface area contributed by atoms with Crippen LogP contribution in [0.15, 0.2) is 115 Å². The summed E-state index contributed by atoms with van der Waals surface area (Å²) in [5.74, 6) is -6.32. The van der Waals surface area contributed by atoms with Crippen LogP contribution in [0.4, 0.5) is 0 Å². The van der Waals surface area contributed by atoms with Crippen LogP contribution >= 0.6 is 63.7 Å². The van der Waals surface area contributed by atoms with E-state index in [1.807, 2.05) is 0 Å². The summed E-state index contributed by atoms with van der Waals surface area (Å²) in [5, 5.41) is 0. The standard InChI is InChI=1S/C47H42Br4O18/c1-23(52)60-21-34-37(38(62-24(2)53)40(63-25(3)54)46(59-4)64-34)69-47-41(68-45(58)29-11-19-33(51)20-12-29)39(67-44(57)28-9-17-32(50)18-10-28)36(66-43(56)27-7-15-31(49)16-8-27)35(65-47)22-61-42(55)26-5-13-30(48)14-6-26/h5-20,34-41,46-47H,21-22H2,1-4H3/t34-,35-,36-,37-,38+,39+,40-,41-,46+,47+/m1/s1. The highest BCUT2D eigenvalue weighted by Crippen LogP contribution is 2.37. The second kappa shape index (κ2) is 24.7. The van der Waals surface area contributed by atoms with E-state index in [9.17, 15) is 33.6 Å². The molecule has 2 fully saturated rings. The van der Waals surface area contributed by atoms with Gasteiger partial charge < -0.3 is 52.1 Å². The molecule has 2 aliphatic rings. The van der Waals surface area contributed by atoms with E-state index in [2.05, 4.69) is 63.7 Å². The molecule has 4 aromatic rings. The molecule has 0 bridgehead atoms. The van der Waals surface area contributed by atoms with Gasteiger partial charge in [0, 0.05) is 45.8 Å². The number of halogens is 4. The predicted octanol–water partition coefficient (Wildman–Crippen LogP) is 7.48. The van der Waals surface area contributed by atoms with Gasteiger partial charge in [-0.1, -0.05) is 63.7 Å². The Bertz CT molecular complexity index is 2470. The summed E-state index contributed by atoms with van der Waals surface area (Å²) in [6, 6.07) is 24.3. The van der Waals surface area contributed by atoms with Gasteiger partial charge >= 0.3 is 41.8 Å². The summed E-state index contributed by atoms with van der Waals surface area (Å²) in [4.78, 5) is 93.8. The number of methoxy groups -OCH3 is 1. The zero-order valence-corrected chi connectivity index (χ0v) is 43.1. The van der Waals surface area contributed by atoms with E-state index in [4.69, 9.17) is 52.1 Å². The summed E-state index contributed by atoms with van der Waals surface area (Å²) in [5.41, 5.74) is 0.145. The molecule has 2 aliphatic heterocycles. The zero-order chi connectivity index (χ0) is 49.9. The first-order valence-corrected chi connectivity index (χ1v) is 23.9. The first kappa shape index (κ1) is 53.3. The molecule has 4 aromatic carbocycles. The monoisotopic (exact) mass is 1210 g/mol. The molecule has 0 N–H and O–H groups in total. The van der Waals surface area contributed by atoms with Crippen LogP contribution in [0.25, 0.3) is 0 Å². The summed E-state index contributed by atoms with van der Waals surface area (Å²) >= 11 is 13.4. The third-order valence-corrected chi connectivity index (χ3v) is 12.3. The summed E-state index contributed by atoms with van der Waals surface area (Å²) in [7, 11) is 1.22. The van der Waals surface area contributed by atoms with Gasteiger partial charge in [0.1, 0.15) is 31.5 Å². The second-order valence-corrected chi connectivity index (χ2v) is 18.8. The van der Waals surface area contributed by atoms with Crippen molar-refractivity contribution in [2.24, 2.45) is 0 Å². The van der Waals surface area contributed by atoms with E-state index in [1.165, 1.54) is 55.6 Å². The van der Waals surface area contributed by atoms with Gasteiger partial charge in [0.05, 0.1) is 22.3 Å². The average Bonchev–Trinajstić information content (AvgIpc) is 3.31. The van der Waals surface area contributed by atoms with Crippen LogP contribution in [0.2, 0.25) is 0 Å². The van der Waals surface area contributed by atoms with Crippen molar-refractivity contribution in [2.75, 3.05) is 20.3 Å². The van der Waals surface area contributed by atoms with Crippen LogP contribution in [0.1, 0.15) is 62.2 Å². The highest BCUT2D eigenvalue weighted by Gasteiger charge is 2.58. The molecule has 0 aromatic heterocycles.